The Morgan fingerprint density at radius 3 is 2.42 bits per heavy atom. The zero-order valence-corrected chi connectivity index (χ0v) is 7.16. The maximum Gasteiger partial charge on any atom is 0.404 e. The minimum Gasteiger partial charge on any atom is -0.450 e. The van der Waals surface area contributed by atoms with Crippen molar-refractivity contribution < 1.29 is 19.4 Å². The molecule has 0 aliphatic heterocycles. The Bertz CT molecular complexity index is 116. The molecule has 0 aromatic carbocycles. The average molecular weight is 177 g/mol. The van der Waals surface area contributed by atoms with Gasteiger partial charge in [0, 0.05) is 0 Å². The van der Waals surface area contributed by atoms with Crippen LogP contribution in [0.5, 0.6) is 0 Å². The Morgan fingerprint density at radius 1 is 1.75 bits per heavy atom. The lowest BCUT2D eigenvalue weighted by Crippen LogP contribution is -2.11. The van der Waals surface area contributed by atoms with Gasteiger partial charge in [-0.2, -0.15) is 0 Å². The number of aliphatic hydroxyl groups excluding tert-OH is 1. The van der Waals surface area contributed by atoms with Crippen molar-refractivity contribution in [3.63, 3.8) is 0 Å². The highest BCUT2D eigenvalue weighted by Crippen LogP contribution is 1.67. The van der Waals surface area contributed by atoms with Crippen LogP contribution < -0.4 is 5.73 Å². The second-order valence-corrected chi connectivity index (χ2v) is 1.54. The number of amides is 1. The average Bonchev–Trinajstić information content (AvgIpc) is 2.02. The van der Waals surface area contributed by atoms with Crippen molar-refractivity contribution >= 4 is 6.09 Å². The largest absolute Gasteiger partial charge is 0.450 e. The van der Waals surface area contributed by atoms with E-state index >= 15 is 0 Å². The van der Waals surface area contributed by atoms with Crippen molar-refractivity contribution in [1.29, 1.82) is 0 Å². The van der Waals surface area contributed by atoms with Crippen molar-refractivity contribution in [1.82, 2.24) is 0 Å². The summed E-state index contributed by atoms with van der Waals surface area (Å²) in [5.41, 5.74) is 4.54. The molecule has 0 spiro atoms. The fourth-order valence-corrected chi connectivity index (χ4v) is 0.278. The molecular formula is C7H15NO4. The molecule has 0 unspecified atom stereocenters. The number of hydrogen-bond acceptors (Lipinski definition) is 4. The van der Waals surface area contributed by atoms with Crippen molar-refractivity contribution in [3.8, 4) is 0 Å². The van der Waals surface area contributed by atoms with Gasteiger partial charge in [-0.1, -0.05) is 6.08 Å². The van der Waals surface area contributed by atoms with E-state index in [1.54, 1.807) is 13.0 Å². The molecule has 0 rings (SSSR count). The van der Waals surface area contributed by atoms with E-state index in [4.69, 9.17) is 5.11 Å². The van der Waals surface area contributed by atoms with Crippen LogP contribution in [0.25, 0.3) is 0 Å². The third-order valence-electron chi connectivity index (χ3n) is 0.614. The minimum atomic E-state index is -0.711. The molecule has 0 radical (unpaired) electrons. The van der Waals surface area contributed by atoms with Crippen LogP contribution in [0.15, 0.2) is 12.7 Å². The molecule has 0 saturated heterocycles. The summed E-state index contributed by atoms with van der Waals surface area (Å²) in [5.74, 6) is 0. The van der Waals surface area contributed by atoms with Crippen molar-refractivity contribution in [2.45, 2.75) is 6.92 Å². The molecule has 0 aromatic heterocycles. The monoisotopic (exact) mass is 177 g/mol. The first-order chi connectivity index (χ1) is 5.68. The van der Waals surface area contributed by atoms with Gasteiger partial charge >= 0.3 is 6.09 Å². The third-order valence-corrected chi connectivity index (χ3v) is 0.614. The van der Waals surface area contributed by atoms with E-state index in [1.165, 1.54) is 0 Å². The summed E-state index contributed by atoms with van der Waals surface area (Å²) in [6.45, 7) is 5.63. The molecule has 0 fully saturated rings. The van der Waals surface area contributed by atoms with Crippen LogP contribution in [0.3, 0.4) is 0 Å². The first-order valence-corrected chi connectivity index (χ1v) is 3.40. The van der Waals surface area contributed by atoms with Crippen molar-refractivity contribution in [3.05, 3.63) is 12.7 Å². The van der Waals surface area contributed by atoms with Gasteiger partial charge in [-0.3, -0.25) is 0 Å². The van der Waals surface area contributed by atoms with E-state index in [-0.39, 0.29) is 6.79 Å². The standard InChI is InChI=1S/C4H8O2.C3H7NO2/c1-2-3-6-4-5;1-2-6-3(4)5/h2,5H,1,3-4H2;2H2,1H3,(H2,4,5). The fraction of sp³-hybridized carbons (Fsp3) is 0.571. The second-order valence-electron chi connectivity index (χ2n) is 1.54. The van der Waals surface area contributed by atoms with Crippen molar-refractivity contribution in [2.24, 2.45) is 5.73 Å². The number of hydrogen-bond donors (Lipinski definition) is 2. The van der Waals surface area contributed by atoms with Gasteiger partial charge in [0.1, 0.15) is 6.79 Å². The number of primary amides is 1. The van der Waals surface area contributed by atoms with E-state index in [0.717, 1.165) is 0 Å². The van der Waals surface area contributed by atoms with Gasteiger partial charge in [-0.05, 0) is 6.92 Å². The summed E-state index contributed by atoms with van der Waals surface area (Å²) in [7, 11) is 0. The topological polar surface area (TPSA) is 81.8 Å². The Balaban J connectivity index is 0. The SMILES string of the molecule is C=CCOCO.CCOC(N)=O. The van der Waals surface area contributed by atoms with E-state index in [2.05, 4.69) is 21.8 Å². The van der Waals surface area contributed by atoms with Gasteiger partial charge in [0.15, 0.2) is 0 Å². The lowest BCUT2D eigenvalue weighted by molar-refractivity contribution is 0.0132. The Labute approximate surface area is 71.8 Å². The summed E-state index contributed by atoms with van der Waals surface area (Å²) in [6, 6.07) is 0. The smallest absolute Gasteiger partial charge is 0.404 e. The first kappa shape index (κ1) is 13.5. The maximum absolute atomic E-state index is 9.60. The highest BCUT2D eigenvalue weighted by atomic mass is 16.6. The summed E-state index contributed by atoms with van der Waals surface area (Å²) in [6.07, 6.45) is 0.869. The van der Waals surface area contributed by atoms with Crippen molar-refractivity contribution in [2.75, 3.05) is 20.0 Å². The van der Waals surface area contributed by atoms with Gasteiger partial charge in [0.05, 0.1) is 13.2 Å². The van der Waals surface area contributed by atoms with Gasteiger partial charge < -0.3 is 20.3 Å². The highest BCUT2D eigenvalue weighted by Gasteiger charge is 1.82. The van der Waals surface area contributed by atoms with E-state index in [1.807, 2.05) is 0 Å². The van der Waals surface area contributed by atoms with E-state index in [9.17, 15) is 4.79 Å². The number of carbonyl (C=O) groups excluding carboxylic acids is 1. The van der Waals surface area contributed by atoms with Crippen LogP contribution in [0.1, 0.15) is 6.92 Å². The molecule has 0 atom stereocenters. The lowest BCUT2D eigenvalue weighted by Gasteiger charge is -1.89. The van der Waals surface area contributed by atoms with Crippen LogP contribution in [0, 0.1) is 0 Å². The van der Waals surface area contributed by atoms with Crippen LogP contribution in [-0.4, -0.2) is 31.2 Å². The summed E-state index contributed by atoms with van der Waals surface area (Å²) >= 11 is 0. The molecule has 3 N–H and O–H groups in total. The number of rotatable bonds is 4. The van der Waals surface area contributed by atoms with E-state index < -0.39 is 6.09 Å². The Hall–Kier alpha value is -1.07. The molecule has 0 bridgehead atoms. The summed E-state index contributed by atoms with van der Waals surface area (Å²) < 4.78 is 8.60. The molecular weight excluding hydrogens is 162 g/mol. The number of carbonyl (C=O) groups is 1. The lowest BCUT2D eigenvalue weighted by atomic mass is 10.7. The van der Waals surface area contributed by atoms with Crippen LogP contribution in [-0.2, 0) is 9.47 Å². The molecule has 0 aromatic rings. The van der Waals surface area contributed by atoms with Crippen LogP contribution >= 0.6 is 0 Å². The highest BCUT2D eigenvalue weighted by molar-refractivity contribution is 5.64. The Morgan fingerprint density at radius 2 is 2.33 bits per heavy atom. The normalized spacial score (nSPS) is 7.83. The Kier molecular flexibility index (Phi) is 14.2. The minimum absolute atomic E-state index is 0.216. The zero-order chi connectivity index (χ0) is 9.82. The molecule has 0 saturated carbocycles. The van der Waals surface area contributed by atoms with Crippen LogP contribution in [0.2, 0.25) is 0 Å². The number of aliphatic hydroxyl groups is 1. The first-order valence-electron chi connectivity index (χ1n) is 3.40. The third kappa shape index (κ3) is 23.1. The van der Waals surface area contributed by atoms with Gasteiger partial charge in [0.2, 0.25) is 0 Å². The molecule has 0 aliphatic carbocycles. The maximum atomic E-state index is 9.60. The quantitative estimate of drug-likeness (QED) is 0.366. The van der Waals surface area contributed by atoms with Gasteiger partial charge in [-0.15, -0.1) is 6.58 Å². The van der Waals surface area contributed by atoms with Crippen LogP contribution in [0.4, 0.5) is 4.79 Å². The van der Waals surface area contributed by atoms with Gasteiger partial charge in [0.25, 0.3) is 0 Å². The summed E-state index contributed by atoms with van der Waals surface area (Å²) in [4.78, 5) is 9.60. The predicted molar refractivity (Wildman–Crippen MR) is 44.4 cm³/mol. The molecule has 72 valence electrons. The molecule has 1 amide bonds. The number of nitrogens with two attached hydrogens (primary N) is 1. The predicted octanol–water partition coefficient (Wildman–Crippen LogP) is 0.240. The van der Waals surface area contributed by atoms with E-state index in [0.29, 0.717) is 13.2 Å². The molecule has 0 aliphatic rings. The second kappa shape index (κ2) is 12.6. The summed E-state index contributed by atoms with van der Waals surface area (Å²) in [5, 5.41) is 7.93. The number of ether oxygens (including phenoxy) is 2. The fourth-order valence-electron chi connectivity index (χ4n) is 0.278. The zero-order valence-electron chi connectivity index (χ0n) is 7.16. The molecule has 0 heterocycles. The molecule has 12 heavy (non-hydrogen) atoms. The molecule has 5 nitrogen and oxygen atoms in total. The van der Waals surface area contributed by atoms with Gasteiger partial charge in [-0.25, -0.2) is 4.79 Å². The molecule has 5 heteroatoms.